The zero-order chi connectivity index (χ0) is 10.9. The second kappa shape index (κ2) is 3.83. The van der Waals surface area contributed by atoms with Crippen LogP contribution >= 0.6 is 0 Å². The lowest BCUT2D eigenvalue weighted by Gasteiger charge is -2.06. The molecule has 82 valence electrons. The van der Waals surface area contributed by atoms with E-state index < -0.39 is 10.0 Å². The molecule has 15 heavy (non-hydrogen) atoms. The van der Waals surface area contributed by atoms with Crippen LogP contribution in [-0.2, 0) is 16.4 Å². The summed E-state index contributed by atoms with van der Waals surface area (Å²) in [5, 5.41) is 0. The quantitative estimate of drug-likeness (QED) is 0.835. The molecule has 1 N–H and O–H groups in total. The summed E-state index contributed by atoms with van der Waals surface area (Å²) in [6.45, 7) is 2.78. The van der Waals surface area contributed by atoms with Gasteiger partial charge < -0.3 is 4.74 Å². The summed E-state index contributed by atoms with van der Waals surface area (Å²) >= 11 is 0. The van der Waals surface area contributed by atoms with Crippen molar-refractivity contribution < 1.29 is 13.2 Å². The summed E-state index contributed by atoms with van der Waals surface area (Å²) in [6.07, 6.45) is 0.858. The number of hydrogen-bond acceptors (Lipinski definition) is 3. The lowest BCUT2D eigenvalue weighted by Crippen LogP contribution is -2.23. The van der Waals surface area contributed by atoms with Crippen LogP contribution in [0.3, 0.4) is 0 Å². The molecular formula is C10H13NO3S. The molecule has 1 heterocycles. The van der Waals surface area contributed by atoms with Gasteiger partial charge >= 0.3 is 0 Å². The van der Waals surface area contributed by atoms with E-state index in [9.17, 15) is 8.42 Å². The Hall–Kier alpha value is -1.07. The first-order valence-corrected chi connectivity index (χ1v) is 6.37. The minimum Gasteiger partial charge on any atom is -0.493 e. The second-order valence-corrected chi connectivity index (χ2v) is 5.14. The molecule has 1 aromatic carbocycles. The van der Waals surface area contributed by atoms with E-state index in [0.717, 1.165) is 12.0 Å². The summed E-state index contributed by atoms with van der Waals surface area (Å²) in [5.74, 6) is 0.689. The Morgan fingerprint density at radius 1 is 1.47 bits per heavy atom. The number of hydrogen-bond donors (Lipinski definition) is 1. The third-order valence-corrected chi connectivity index (χ3v) is 3.86. The lowest BCUT2D eigenvalue weighted by atomic mass is 10.2. The molecular weight excluding hydrogens is 214 g/mol. The lowest BCUT2D eigenvalue weighted by molar-refractivity contribution is 0.356. The highest BCUT2D eigenvalue weighted by Crippen LogP contribution is 2.27. The minimum atomic E-state index is -3.36. The van der Waals surface area contributed by atoms with E-state index in [2.05, 4.69) is 4.72 Å². The number of fused-ring (bicyclic) bond motifs is 1. The van der Waals surface area contributed by atoms with Crippen molar-refractivity contribution in [3.05, 3.63) is 23.8 Å². The van der Waals surface area contributed by atoms with E-state index in [4.69, 9.17) is 4.74 Å². The largest absolute Gasteiger partial charge is 0.493 e. The first-order chi connectivity index (χ1) is 7.13. The zero-order valence-electron chi connectivity index (χ0n) is 8.49. The van der Waals surface area contributed by atoms with E-state index in [1.165, 1.54) is 0 Å². The van der Waals surface area contributed by atoms with E-state index in [1.807, 2.05) is 6.07 Å². The Balaban J connectivity index is 2.38. The topological polar surface area (TPSA) is 55.4 Å². The molecule has 1 aromatic rings. The third-order valence-electron chi connectivity index (χ3n) is 2.31. The van der Waals surface area contributed by atoms with Crippen molar-refractivity contribution in [2.24, 2.45) is 0 Å². The summed E-state index contributed by atoms with van der Waals surface area (Å²) < 4.78 is 31.1. The van der Waals surface area contributed by atoms with Gasteiger partial charge in [0.05, 0.1) is 11.5 Å². The smallest absolute Gasteiger partial charge is 0.240 e. The molecule has 0 amide bonds. The second-order valence-electron chi connectivity index (χ2n) is 3.37. The average Bonchev–Trinajstić information content (AvgIpc) is 2.63. The van der Waals surface area contributed by atoms with Crippen LogP contribution in [0, 0.1) is 0 Å². The first-order valence-electron chi connectivity index (χ1n) is 4.89. The van der Waals surface area contributed by atoms with E-state index >= 15 is 0 Å². The number of benzene rings is 1. The van der Waals surface area contributed by atoms with Gasteiger partial charge in [-0.15, -0.1) is 0 Å². The maximum absolute atomic E-state index is 11.7. The molecule has 2 rings (SSSR count). The maximum Gasteiger partial charge on any atom is 0.240 e. The van der Waals surface area contributed by atoms with Gasteiger partial charge in [-0.05, 0) is 11.6 Å². The highest BCUT2D eigenvalue weighted by atomic mass is 32.2. The Bertz CT molecular complexity index is 468. The summed E-state index contributed by atoms with van der Waals surface area (Å²) in [4.78, 5) is 0.269. The van der Waals surface area contributed by atoms with Crippen LogP contribution in [0.25, 0.3) is 0 Å². The van der Waals surface area contributed by atoms with Gasteiger partial charge in [-0.3, -0.25) is 0 Å². The van der Waals surface area contributed by atoms with E-state index in [1.54, 1.807) is 19.1 Å². The molecule has 1 aliphatic heterocycles. The van der Waals surface area contributed by atoms with Gasteiger partial charge in [0.25, 0.3) is 0 Å². The van der Waals surface area contributed by atoms with Crippen LogP contribution in [-0.4, -0.2) is 21.6 Å². The van der Waals surface area contributed by atoms with Gasteiger partial charge in [0.15, 0.2) is 0 Å². The minimum absolute atomic E-state index is 0.269. The van der Waals surface area contributed by atoms with Crippen LogP contribution in [0.4, 0.5) is 0 Å². The maximum atomic E-state index is 11.7. The van der Waals surface area contributed by atoms with Crippen LogP contribution < -0.4 is 9.46 Å². The fourth-order valence-corrected chi connectivity index (χ4v) is 2.64. The van der Waals surface area contributed by atoms with Gasteiger partial charge in [0.1, 0.15) is 5.75 Å². The fraction of sp³-hybridized carbons (Fsp3) is 0.400. The van der Waals surface area contributed by atoms with Gasteiger partial charge in [0.2, 0.25) is 10.0 Å². The molecule has 0 atom stereocenters. The number of sulfonamides is 1. The van der Waals surface area contributed by atoms with Crippen molar-refractivity contribution in [3.63, 3.8) is 0 Å². The molecule has 0 fully saturated rings. The van der Waals surface area contributed by atoms with E-state index in [0.29, 0.717) is 18.9 Å². The standard InChI is InChI=1S/C10H13NO3S/c1-2-11-15(12,13)9-4-3-8-5-6-14-10(8)7-9/h3-4,7,11H,2,5-6H2,1H3. The normalized spacial score (nSPS) is 14.7. The average molecular weight is 227 g/mol. The molecule has 0 saturated heterocycles. The highest BCUT2D eigenvalue weighted by Gasteiger charge is 2.18. The van der Waals surface area contributed by atoms with Crippen LogP contribution in [0.2, 0.25) is 0 Å². The number of ether oxygens (including phenoxy) is 1. The molecule has 5 heteroatoms. The molecule has 0 aliphatic carbocycles. The van der Waals surface area contributed by atoms with Crippen molar-refractivity contribution in [1.82, 2.24) is 4.72 Å². The molecule has 0 radical (unpaired) electrons. The van der Waals surface area contributed by atoms with Crippen LogP contribution in [0.5, 0.6) is 5.75 Å². The van der Waals surface area contributed by atoms with Crippen LogP contribution in [0.1, 0.15) is 12.5 Å². The van der Waals surface area contributed by atoms with Crippen molar-refractivity contribution in [2.75, 3.05) is 13.2 Å². The molecule has 1 aliphatic rings. The van der Waals surface area contributed by atoms with Gasteiger partial charge in [-0.2, -0.15) is 0 Å². The van der Waals surface area contributed by atoms with Crippen molar-refractivity contribution >= 4 is 10.0 Å². The van der Waals surface area contributed by atoms with Crippen LogP contribution in [0.15, 0.2) is 23.1 Å². The molecule has 0 saturated carbocycles. The molecule has 0 unspecified atom stereocenters. The Labute approximate surface area is 89.3 Å². The Kier molecular flexibility index (Phi) is 2.67. The third kappa shape index (κ3) is 1.98. The monoisotopic (exact) mass is 227 g/mol. The molecule has 0 spiro atoms. The number of rotatable bonds is 3. The molecule has 4 nitrogen and oxygen atoms in total. The SMILES string of the molecule is CCNS(=O)(=O)c1ccc2c(c1)OCC2. The highest BCUT2D eigenvalue weighted by molar-refractivity contribution is 7.89. The Morgan fingerprint density at radius 3 is 3.00 bits per heavy atom. The van der Waals surface area contributed by atoms with Gasteiger partial charge in [-0.25, -0.2) is 13.1 Å². The van der Waals surface area contributed by atoms with Gasteiger partial charge in [-0.1, -0.05) is 13.0 Å². The van der Waals surface area contributed by atoms with Gasteiger partial charge in [0, 0.05) is 19.0 Å². The fourth-order valence-electron chi connectivity index (χ4n) is 1.59. The van der Waals surface area contributed by atoms with E-state index in [-0.39, 0.29) is 4.90 Å². The first kappa shape index (κ1) is 10.4. The molecule has 0 bridgehead atoms. The summed E-state index contributed by atoms with van der Waals surface area (Å²) in [5.41, 5.74) is 1.07. The number of nitrogens with one attached hydrogen (secondary N) is 1. The predicted octanol–water partition coefficient (Wildman–Crippen LogP) is 0.920. The van der Waals surface area contributed by atoms with Crippen molar-refractivity contribution in [2.45, 2.75) is 18.2 Å². The predicted molar refractivity (Wildman–Crippen MR) is 56.5 cm³/mol. The molecule has 0 aromatic heterocycles. The summed E-state index contributed by atoms with van der Waals surface area (Å²) in [6, 6.07) is 5.01. The van der Waals surface area contributed by atoms with Crippen molar-refractivity contribution in [1.29, 1.82) is 0 Å². The van der Waals surface area contributed by atoms with Crippen molar-refractivity contribution in [3.8, 4) is 5.75 Å². The summed E-state index contributed by atoms with van der Waals surface area (Å²) in [7, 11) is -3.36. The Morgan fingerprint density at radius 2 is 2.27 bits per heavy atom. The zero-order valence-corrected chi connectivity index (χ0v) is 9.30.